The minimum absolute atomic E-state index is 0.293. The van der Waals surface area contributed by atoms with Crippen LogP contribution in [0.1, 0.15) is 18.2 Å². The molecule has 7 aromatic rings. The van der Waals surface area contributed by atoms with Gasteiger partial charge >= 0.3 is 0 Å². The molecule has 0 saturated carbocycles. The molecular weight excluding hydrogens is 560 g/mol. The summed E-state index contributed by atoms with van der Waals surface area (Å²) in [5.74, 6) is 0.702. The van der Waals surface area contributed by atoms with Crippen molar-refractivity contribution in [3.63, 3.8) is 0 Å². The lowest BCUT2D eigenvalue weighted by Crippen LogP contribution is -2.20. The Kier molecular flexibility index (Phi) is 6.96. The second-order valence-electron chi connectivity index (χ2n) is 11.9. The number of nitrogens with one attached hydrogen (secondary N) is 1. The van der Waals surface area contributed by atoms with Crippen molar-refractivity contribution in [2.45, 2.75) is 19.9 Å². The number of hydrogen-bond donors (Lipinski definition) is 1. The maximum Gasteiger partial charge on any atom is 0.161 e. The highest BCUT2D eigenvalue weighted by molar-refractivity contribution is 5.98. The molecule has 2 aromatic heterocycles. The summed E-state index contributed by atoms with van der Waals surface area (Å²) in [6, 6.07) is 43.0. The zero-order valence-electron chi connectivity index (χ0n) is 25.8. The van der Waals surface area contributed by atoms with Crippen LogP contribution in [-0.4, -0.2) is 21.0 Å². The van der Waals surface area contributed by atoms with Crippen LogP contribution in [-0.2, 0) is 0 Å². The fraction of sp³-hybridized carbons (Fsp3) is 0.0714. The van der Waals surface area contributed by atoms with Gasteiger partial charge in [-0.05, 0) is 82.4 Å². The zero-order valence-corrected chi connectivity index (χ0v) is 25.8. The molecule has 1 N–H and O–H groups in total. The lowest BCUT2D eigenvalue weighted by molar-refractivity contribution is 0.764. The van der Waals surface area contributed by atoms with Crippen LogP contribution < -0.4 is 5.32 Å². The Bertz CT molecular complexity index is 2210. The van der Waals surface area contributed by atoms with Crippen LogP contribution in [0.5, 0.6) is 0 Å². The molecule has 4 heteroatoms. The van der Waals surface area contributed by atoms with E-state index in [0.29, 0.717) is 11.9 Å². The van der Waals surface area contributed by atoms with Gasteiger partial charge in [0.15, 0.2) is 5.82 Å². The summed E-state index contributed by atoms with van der Waals surface area (Å²) in [6.07, 6.45) is 8.44. The van der Waals surface area contributed by atoms with E-state index < -0.39 is 0 Å². The number of nitrogens with zero attached hydrogens (tertiary/aromatic N) is 3. The molecule has 3 heterocycles. The van der Waals surface area contributed by atoms with Gasteiger partial charge in [0.1, 0.15) is 0 Å². The van der Waals surface area contributed by atoms with E-state index in [1.165, 1.54) is 5.39 Å². The minimum Gasteiger partial charge on any atom is -0.384 e. The van der Waals surface area contributed by atoms with Crippen molar-refractivity contribution in [1.82, 2.24) is 20.3 Å². The highest BCUT2D eigenvalue weighted by Gasteiger charge is 2.17. The second kappa shape index (κ2) is 11.6. The van der Waals surface area contributed by atoms with Crippen LogP contribution >= 0.6 is 0 Å². The standard InChI is InChI=1S/C42H32N4/c1-27-17-19-31(25-43-27)33-21-34(32-20-18-28(2)44-26-32)23-35(22-33)40-24-41(38-15-7-11-29-9-3-5-13-36(29)38)46-42(45-40)39-16-8-12-30-10-4-6-14-37(30)39/h3-27,43H,1-2H3. The van der Waals surface area contributed by atoms with E-state index in [2.05, 4.69) is 157 Å². The van der Waals surface area contributed by atoms with Gasteiger partial charge in [-0.2, -0.15) is 0 Å². The number of benzene rings is 5. The van der Waals surface area contributed by atoms with Crippen LogP contribution in [0.25, 0.3) is 72.1 Å². The molecule has 1 aliphatic heterocycles. The van der Waals surface area contributed by atoms with Crippen molar-refractivity contribution < 1.29 is 0 Å². The van der Waals surface area contributed by atoms with E-state index in [1.54, 1.807) is 0 Å². The number of allylic oxidation sites excluding steroid dienone is 2. The largest absolute Gasteiger partial charge is 0.384 e. The number of pyridine rings is 1. The first kappa shape index (κ1) is 27.7. The van der Waals surface area contributed by atoms with Crippen LogP contribution in [0.2, 0.25) is 0 Å². The first-order valence-electron chi connectivity index (χ1n) is 15.7. The number of dihydropyridines is 1. The van der Waals surface area contributed by atoms with Gasteiger partial charge in [-0.15, -0.1) is 0 Å². The lowest BCUT2D eigenvalue weighted by atomic mass is 9.93. The average Bonchev–Trinajstić information content (AvgIpc) is 3.11. The third-order valence-corrected chi connectivity index (χ3v) is 8.70. The topological polar surface area (TPSA) is 50.7 Å². The molecule has 0 spiro atoms. The fourth-order valence-electron chi connectivity index (χ4n) is 6.22. The maximum atomic E-state index is 5.30. The highest BCUT2D eigenvalue weighted by atomic mass is 14.9. The van der Waals surface area contributed by atoms with Gasteiger partial charge in [-0.3, -0.25) is 4.98 Å². The Morgan fingerprint density at radius 1 is 0.587 bits per heavy atom. The Balaban J connectivity index is 1.39. The van der Waals surface area contributed by atoms with Crippen molar-refractivity contribution in [1.29, 1.82) is 0 Å². The van der Waals surface area contributed by atoms with E-state index >= 15 is 0 Å². The molecule has 1 atom stereocenters. The second-order valence-corrected chi connectivity index (χ2v) is 11.9. The van der Waals surface area contributed by atoms with Crippen molar-refractivity contribution in [2.75, 3.05) is 0 Å². The van der Waals surface area contributed by atoms with E-state index in [0.717, 1.165) is 72.2 Å². The molecule has 5 aromatic carbocycles. The summed E-state index contributed by atoms with van der Waals surface area (Å²) >= 11 is 0. The molecule has 1 unspecified atom stereocenters. The molecule has 0 aliphatic carbocycles. The molecule has 0 saturated heterocycles. The van der Waals surface area contributed by atoms with Crippen LogP contribution in [0.15, 0.2) is 146 Å². The highest BCUT2D eigenvalue weighted by Crippen LogP contribution is 2.36. The number of aromatic nitrogens is 3. The third-order valence-electron chi connectivity index (χ3n) is 8.70. The van der Waals surface area contributed by atoms with Gasteiger partial charge in [0, 0.05) is 46.4 Å². The molecule has 0 bridgehead atoms. The van der Waals surface area contributed by atoms with Gasteiger partial charge in [0.25, 0.3) is 0 Å². The van der Waals surface area contributed by atoms with Crippen LogP contribution in [0.4, 0.5) is 0 Å². The molecule has 0 amide bonds. The Hall–Kier alpha value is -5.87. The quantitative estimate of drug-likeness (QED) is 0.216. The van der Waals surface area contributed by atoms with Gasteiger partial charge in [-0.1, -0.05) is 103 Å². The predicted molar refractivity (Wildman–Crippen MR) is 191 cm³/mol. The zero-order chi connectivity index (χ0) is 31.0. The van der Waals surface area contributed by atoms with Gasteiger partial charge in [0.05, 0.1) is 11.4 Å². The normalized spacial score (nSPS) is 14.3. The SMILES string of the molecule is Cc1ccc(-c2cc(C3=CNC(C)C=C3)cc(-c3cc(-c4cccc5ccccc45)nc(-c4cccc5ccccc45)n3)c2)cn1. The minimum atomic E-state index is 0.293. The first-order chi connectivity index (χ1) is 22.6. The third kappa shape index (κ3) is 5.24. The Morgan fingerprint density at radius 2 is 1.24 bits per heavy atom. The van der Waals surface area contributed by atoms with E-state index in [1.807, 2.05) is 13.1 Å². The van der Waals surface area contributed by atoms with Crippen molar-refractivity contribution in [3.8, 4) is 45.0 Å². The van der Waals surface area contributed by atoms with Crippen LogP contribution in [0.3, 0.4) is 0 Å². The molecule has 46 heavy (non-hydrogen) atoms. The van der Waals surface area contributed by atoms with E-state index in [-0.39, 0.29) is 0 Å². The summed E-state index contributed by atoms with van der Waals surface area (Å²) in [4.78, 5) is 15.2. The first-order valence-corrected chi connectivity index (χ1v) is 15.7. The molecule has 4 nitrogen and oxygen atoms in total. The van der Waals surface area contributed by atoms with Crippen molar-refractivity contribution in [3.05, 3.63) is 157 Å². The van der Waals surface area contributed by atoms with Gasteiger partial charge in [-0.25, -0.2) is 9.97 Å². The van der Waals surface area contributed by atoms with Gasteiger partial charge in [0.2, 0.25) is 0 Å². The van der Waals surface area contributed by atoms with Crippen molar-refractivity contribution >= 4 is 27.1 Å². The number of fused-ring (bicyclic) bond motifs is 2. The number of rotatable bonds is 5. The molecule has 0 radical (unpaired) electrons. The van der Waals surface area contributed by atoms with Crippen LogP contribution in [0, 0.1) is 6.92 Å². The number of hydrogen-bond acceptors (Lipinski definition) is 4. The predicted octanol–water partition coefficient (Wildman–Crippen LogP) is 10.0. The Labute approximate surface area is 268 Å². The van der Waals surface area contributed by atoms with E-state index in [4.69, 9.17) is 9.97 Å². The van der Waals surface area contributed by atoms with Crippen molar-refractivity contribution in [2.24, 2.45) is 0 Å². The Morgan fingerprint density at radius 3 is 1.96 bits per heavy atom. The lowest BCUT2D eigenvalue weighted by Gasteiger charge is -2.17. The summed E-state index contributed by atoms with van der Waals surface area (Å²) in [7, 11) is 0. The molecular formula is C42H32N4. The average molecular weight is 593 g/mol. The summed E-state index contributed by atoms with van der Waals surface area (Å²) in [5, 5.41) is 8.10. The summed E-state index contributed by atoms with van der Waals surface area (Å²) in [6.45, 7) is 4.16. The summed E-state index contributed by atoms with van der Waals surface area (Å²) < 4.78 is 0. The molecule has 0 fully saturated rings. The molecule has 1 aliphatic rings. The fourth-order valence-corrected chi connectivity index (χ4v) is 6.22. The number of aryl methyl sites for hydroxylation is 1. The maximum absolute atomic E-state index is 5.30. The van der Waals surface area contributed by atoms with Gasteiger partial charge < -0.3 is 5.32 Å². The molecule has 8 rings (SSSR count). The molecule has 220 valence electrons. The summed E-state index contributed by atoms with van der Waals surface area (Å²) in [5.41, 5.74) is 10.2. The monoisotopic (exact) mass is 592 g/mol. The smallest absolute Gasteiger partial charge is 0.161 e. The van der Waals surface area contributed by atoms with E-state index in [9.17, 15) is 0 Å².